The van der Waals surface area contributed by atoms with E-state index in [4.69, 9.17) is 31.8 Å². The monoisotopic (exact) mass is 298 g/mol. The Kier molecular flexibility index (Phi) is 5.06. The van der Waals surface area contributed by atoms with Crippen molar-refractivity contribution in [1.29, 1.82) is 0 Å². The molecule has 0 heterocycles. The fraction of sp³-hybridized carbons (Fsp3) is 0.400. The summed E-state index contributed by atoms with van der Waals surface area (Å²) in [5.74, 6) is 0.161. The van der Waals surface area contributed by atoms with E-state index in [1.165, 1.54) is 25.3 Å². The minimum atomic E-state index is -3.89. The van der Waals surface area contributed by atoms with Crippen molar-refractivity contribution in [3.8, 4) is 5.75 Å². The van der Waals surface area contributed by atoms with Crippen molar-refractivity contribution in [1.82, 2.24) is 0 Å². The van der Waals surface area contributed by atoms with Crippen molar-refractivity contribution in [3.63, 3.8) is 0 Å². The van der Waals surface area contributed by atoms with Crippen molar-refractivity contribution >= 4 is 31.3 Å². The number of hydrogen-bond acceptors (Lipinski definition) is 4. The average Bonchev–Trinajstić information content (AvgIpc) is 2.19. The lowest BCUT2D eigenvalue weighted by atomic mass is 10.3. The van der Waals surface area contributed by atoms with E-state index in [0.29, 0.717) is 6.61 Å². The molecule has 0 amide bonds. The van der Waals surface area contributed by atoms with Crippen LogP contribution in [0.5, 0.6) is 5.75 Å². The molecule has 96 valence electrons. The maximum absolute atomic E-state index is 11.3. The highest BCUT2D eigenvalue weighted by Gasteiger charge is 2.19. The van der Waals surface area contributed by atoms with Gasteiger partial charge < -0.3 is 9.47 Å². The first kappa shape index (κ1) is 14.6. The second-order valence-electron chi connectivity index (χ2n) is 3.41. The van der Waals surface area contributed by atoms with Crippen molar-refractivity contribution < 1.29 is 17.9 Å². The quantitative estimate of drug-likeness (QED) is 0.784. The predicted octanol–water partition coefficient (Wildman–Crippen LogP) is 2.68. The van der Waals surface area contributed by atoms with Crippen molar-refractivity contribution in [2.75, 3.05) is 13.7 Å². The van der Waals surface area contributed by atoms with E-state index in [1.807, 2.05) is 0 Å². The lowest BCUT2D eigenvalue weighted by molar-refractivity contribution is 0.0901. The standard InChI is InChI=1S/C10H12Cl2O4S/c1-7(6-15-2)16-9-4-3-8(11)5-10(9)17(12,13)14/h3-5,7H,6H2,1-2H3. The van der Waals surface area contributed by atoms with Crippen LogP contribution in [0.25, 0.3) is 0 Å². The zero-order valence-electron chi connectivity index (χ0n) is 9.31. The fourth-order valence-corrected chi connectivity index (χ4v) is 2.48. The summed E-state index contributed by atoms with van der Waals surface area (Å²) in [6, 6.07) is 4.24. The van der Waals surface area contributed by atoms with Gasteiger partial charge in [-0.3, -0.25) is 0 Å². The molecule has 0 aliphatic rings. The fourth-order valence-electron chi connectivity index (χ4n) is 1.26. The highest BCUT2D eigenvalue weighted by Crippen LogP contribution is 2.30. The second kappa shape index (κ2) is 5.91. The molecule has 4 nitrogen and oxygen atoms in total. The summed E-state index contributed by atoms with van der Waals surface area (Å²) in [5, 5.41) is 0.274. The van der Waals surface area contributed by atoms with E-state index in [1.54, 1.807) is 6.92 Å². The summed E-state index contributed by atoms with van der Waals surface area (Å²) >= 11 is 5.72. The van der Waals surface area contributed by atoms with Gasteiger partial charge in [0.15, 0.2) is 0 Å². The molecule has 1 atom stereocenters. The van der Waals surface area contributed by atoms with Gasteiger partial charge in [0.1, 0.15) is 16.7 Å². The van der Waals surface area contributed by atoms with Gasteiger partial charge in [0.05, 0.1) is 6.61 Å². The van der Waals surface area contributed by atoms with Gasteiger partial charge in [-0.15, -0.1) is 0 Å². The minimum absolute atomic E-state index is 0.144. The van der Waals surface area contributed by atoms with Gasteiger partial charge in [-0.2, -0.15) is 0 Å². The first-order valence-electron chi connectivity index (χ1n) is 4.74. The third-order valence-corrected chi connectivity index (χ3v) is 3.48. The molecule has 0 aromatic heterocycles. The SMILES string of the molecule is COCC(C)Oc1ccc(Cl)cc1S(=O)(=O)Cl. The lowest BCUT2D eigenvalue weighted by Gasteiger charge is -2.15. The number of benzene rings is 1. The molecule has 0 saturated carbocycles. The summed E-state index contributed by atoms with van der Waals surface area (Å²) in [5.41, 5.74) is 0. The Morgan fingerprint density at radius 2 is 2.06 bits per heavy atom. The van der Waals surface area contributed by atoms with Gasteiger partial charge in [-0.25, -0.2) is 8.42 Å². The van der Waals surface area contributed by atoms with Crippen LogP contribution >= 0.6 is 22.3 Å². The predicted molar refractivity (Wildman–Crippen MR) is 66.5 cm³/mol. The van der Waals surface area contributed by atoms with Crippen LogP contribution in [0, 0.1) is 0 Å². The largest absolute Gasteiger partial charge is 0.487 e. The Labute approximate surface area is 110 Å². The first-order chi connectivity index (χ1) is 7.84. The summed E-state index contributed by atoms with van der Waals surface area (Å²) in [7, 11) is 2.93. The van der Waals surface area contributed by atoms with Crippen molar-refractivity contribution in [2.45, 2.75) is 17.9 Å². The molecular formula is C10H12Cl2O4S. The van der Waals surface area contributed by atoms with Crippen LogP contribution in [-0.2, 0) is 13.8 Å². The molecule has 0 radical (unpaired) electrons. The molecular weight excluding hydrogens is 287 g/mol. The van der Waals surface area contributed by atoms with Gasteiger partial charge in [0.25, 0.3) is 9.05 Å². The Morgan fingerprint density at radius 1 is 1.41 bits per heavy atom. The van der Waals surface area contributed by atoms with Gasteiger partial charge in [-0.05, 0) is 25.1 Å². The topological polar surface area (TPSA) is 52.6 Å². The zero-order valence-corrected chi connectivity index (χ0v) is 11.6. The van der Waals surface area contributed by atoms with Crippen LogP contribution in [0.4, 0.5) is 0 Å². The van der Waals surface area contributed by atoms with Crippen LogP contribution in [0.1, 0.15) is 6.92 Å². The molecule has 17 heavy (non-hydrogen) atoms. The zero-order chi connectivity index (χ0) is 13.1. The maximum Gasteiger partial charge on any atom is 0.265 e. The maximum atomic E-state index is 11.3. The summed E-state index contributed by atoms with van der Waals surface area (Å²) in [6.07, 6.45) is -0.293. The number of rotatable bonds is 5. The van der Waals surface area contributed by atoms with E-state index in [0.717, 1.165) is 0 Å². The summed E-state index contributed by atoms with van der Waals surface area (Å²) in [6.45, 7) is 2.09. The number of hydrogen-bond donors (Lipinski definition) is 0. The van der Waals surface area contributed by atoms with Gasteiger partial charge >= 0.3 is 0 Å². The van der Waals surface area contributed by atoms with Crippen LogP contribution < -0.4 is 4.74 Å². The molecule has 1 aromatic rings. The third kappa shape index (κ3) is 4.35. The molecule has 1 unspecified atom stereocenters. The molecule has 0 N–H and O–H groups in total. The summed E-state index contributed by atoms with van der Waals surface area (Å²) < 4.78 is 33.0. The van der Waals surface area contributed by atoms with Gasteiger partial charge in [-0.1, -0.05) is 11.6 Å². The van der Waals surface area contributed by atoms with Crippen LogP contribution in [0.3, 0.4) is 0 Å². The molecule has 1 aromatic carbocycles. The molecule has 0 aliphatic heterocycles. The normalized spacial score (nSPS) is 13.4. The lowest BCUT2D eigenvalue weighted by Crippen LogP contribution is -2.18. The van der Waals surface area contributed by atoms with Crippen molar-refractivity contribution in [2.24, 2.45) is 0 Å². The van der Waals surface area contributed by atoms with Gasteiger partial charge in [0, 0.05) is 22.8 Å². The third-order valence-electron chi connectivity index (χ3n) is 1.90. The number of methoxy groups -OCH3 is 1. The smallest absolute Gasteiger partial charge is 0.265 e. The number of halogens is 2. The Morgan fingerprint density at radius 3 is 2.59 bits per heavy atom. The molecule has 0 fully saturated rings. The Balaban J connectivity index is 3.07. The average molecular weight is 299 g/mol. The van der Waals surface area contributed by atoms with Crippen LogP contribution in [0.15, 0.2) is 23.1 Å². The van der Waals surface area contributed by atoms with Crippen LogP contribution in [-0.4, -0.2) is 28.2 Å². The van der Waals surface area contributed by atoms with E-state index >= 15 is 0 Å². The summed E-state index contributed by atoms with van der Waals surface area (Å²) in [4.78, 5) is -0.144. The molecule has 0 spiro atoms. The highest BCUT2D eigenvalue weighted by molar-refractivity contribution is 8.13. The number of ether oxygens (including phenoxy) is 2. The first-order valence-corrected chi connectivity index (χ1v) is 7.43. The molecule has 1 rings (SSSR count). The van der Waals surface area contributed by atoms with E-state index < -0.39 is 9.05 Å². The van der Waals surface area contributed by atoms with E-state index in [-0.39, 0.29) is 21.8 Å². The molecule has 7 heteroatoms. The second-order valence-corrected chi connectivity index (χ2v) is 6.38. The highest BCUT2D eigenvalue weighted by atomic mass is 35.7. The Bertz CT molecular complexity index is 487. The molecule has 0 saturated heterocycles. The van der Waals surface area contributed by atoms with Gasteiger partial charge in [0.2, 0.25) is 0 Å². The molecule has 0 aliphatic carbocycles. The molecule has 0 bridgehead atoms. The van der Waals surface area contributed by atoms with Crippen LogP contribution in [0.2, 0.25) is 5.02 Å². The van der Waals surface area contributed by atoms with Crippen molar-refractivity contribution in [3.05, 3.63) is 23.2 Å². The minimum Gasteiger partial charge on any atom is -0.487 e. The van der Waals surface area contributed by atoms with E-state index in [2.05, 4.69) is 0 Å². The van der Waals surface area contributed by atoms with E-state index in [9.17, 15) is 8.42 Å². The Hall–Kier alpha value is -0.490.